The molecular weight excluding hydrogens is 168 g/mol. The highest BCUT2D eigenvalue weighted by Gasteiger charge is 2.05. The summed E-state index contributed by atoms with van der Waals surface area (Å²) in [5.41, 5.74) is 3.21. The van der Waals surface area contributed by atoms with Crippen molar-refractivity contribution in [2.75, 3.05) is 0 Å². The van der Waals surface area contributed by atoms with Crippen LogP contribution in [0.1, 0.15) is 5.56 Å². The smallest absolute Gasteiger partial charge is 0.151 e. The fraction of sp³-hybridized carbons (Fsp3) is 0. The van der Waals surface area contributed by atoms with Crippen LogP contribution in [-0.4, -0.2) is 21.0 Å². The van der Waals surface area contributed by atoms with Gasteiger partial charge in [0.1, 0.15) is 0 Å². The summed E-state index contributed by atoms with van der Waals surface area (Å²) in [7, 11) is 0. The van der Waals surface area contributed by atoms with E-state index < -0.39 is 0 Å². The second-order valence-electron chi connectivity index (χ2n) is 2.61. The first-order valence-electron chi connectivity index (χ1n) is 3.73. The summed E-state index contributed by atoms with van der Waals surface area (Å²) in [5.74, 6) is -0.0577. The molecule has 0 aliphatic carbocycles. The van der Waals surface area contributed by atoms with Gasteiger partial charge >= 0.3 is 0 Å². The summed E-state index contributed by atoms with van der Waals surface area (Å²) in [5, 5.41) is 16.8. The number of aromatic nitrogens is 2. The zero-order chi connectivity index (χ0) is 9.26. The SMILES string of the molecule is N=C(NO)c1cncc2[nH]ccc12. The lowest BCUT2D eigenvalue weighted by Crippen LogP contribution is -2.18. The first-order valence-corrected chi connectivity index (χ1v) is 3.73. The Kier molecular flexibility index (Phi) is 1.71. The molecule has 2 rings (SSSR count). The molecule has 0 bridgehead atoms. The van der Waals surface area contributed by atoms with Crippen molar-refractivity contribution in [2.24, 2.45) is 0 Å². The van der Waals surface area contributed by atoms with Crippen molar-refractivity contribution < 1.29 is 5.21 Å². The van der Waals surface area contributed by atoms with E-state index in [1.165, 1.54) is 6.20 Å². The average molecular weight is 176 g/mol. The number of pyridine rings is 1. The molecule has 0 aliphatic rings. The second kappa shape index (κ2) is 2.87. The predicted octanol–water partition coefficient (Wildman–Crippen LogP) is 0.867. The van der Waals surface area contributed by atoms with E-state index in [9.17, 15) is 0 Å². The third-order valence-electron chi connectivity index (χ3n) is 1.86. The summed E-state index contributed by atoms with van der Waals surface area (Å²) in [6.45, 7) is 0. The third-order valence-corrected chi connectivity index (χ3v) is 1.86. The molecule has 66 valence electrons. The average Bonchev–Trinajstić information content (AvgIpc) is 2.63. The Hall–Kier alpha value is -1.88. The molecule has 0 amide bonds. The molecule has 0 atom stereocenters. The van der Waals surface area contributed by atoms with Crippen LogP contribution >= 0.6 is 0 Å². The van der Waals surface area contributed by atoms with Crippen LogP contribution in [0.15, 0.2) is 24.7 Å². The molecule has 0 aromatic carbocycles. The highest BCUT2D eigenvalue weighted by atomic mass is 16.5. The summed E-state index contributed by atoms with van der Waals surface area (Å²) in [6.07, 6.45) is 4.96. The van der Waals surface area contributed by atoms with Crippen molar-refractivity contribution in [1.82, 2.24) is 15.4 Å². The van der Waals surface area contributed by atoms with E-state index in [2.05, 4.69) is 9.97 Å². The van der Waals surface area contributed by atoms with Crippen molar-refractivity contribution in [1.29, 1.82) is 5.41 Å². The maximum atomic E-state index is 8.57. The van der Waals surface area contributed by atoms with Gasteiger partial charge in [0.25, 0.3) is 0 Å². The number of aromatic amines is 1. The van der Waals surface area contributed by atoms with E-state index in [1.54, 1.807) is 17.9 Å². The largest absolute Gasteiger partial charge is 0.360 e. The Labute approximate surface area is 73.9 Å². The van der Waals surface area contributed by atoms with Gasteiger partial charge in [0.15, 0.2) is 5.84 Å². The summed E-state index contributed by atoms with van der Waals surface area (Å²) in [4.78, 5) is 6.90. The minimum absolute atomic E-state index is 0.0577. The zero-order valence-corrected chi connectivity index (χ0v) is 6.70. The Bertz CT molecular complexity index is 448. The zero-order valence-electron chi connectivity index (χ0n) is 6.70. The Morgan fingerprint density at radius 3 is 3.15 bits per heavy atom. The lowest BCUT2D eigenvalue weighted by atomic mass is 10.2. The van der Waals surface area contributed by atoms with E-state index in [-0.39, 0.29) is 5.84 Å². The van der Waals surface area contributed by atoms with Crippen molar-refractivity contribution in [3.05, 3.63) is 30.2 Å². The summed E-state index contributed by atoms with van der Waals surface area (Å²) in [6, 6.07) is 1.83. The van der Waals surface area contributed by atoms with Crippen molar-refractivity contribution >= 4 is 16.7 Å². The van der Waals surface area contributed by atoms with Gasteiger partial charge in [0.2, 0.25) is 0 Å². The van der Waals surface area contributed by atoms with E-state index >= 15 is 0 Å². The van der Waals surface area contributed by atoms with E-state index in [1.807, 2.05) is 6.07 Å². The number of rotatable bonds is 1. The van der Waals surface area contributed by atoms with Gasteiger partial charge in [-0.1, -0.05) is 0 Å². The molecule has 2 aromatic heterocycles. The molecule has 2 aromatic rings. The van der Waals surface area contributed by atoms with Crippen molar-refractivity contribution in [2.45, 2.75) is 0 Å². The Morgan fingerprint density at radius 2 is 2.38 bits per heavy atom. The molecule has 5 nitrogen and oxygen atoms in total. The van der Waals surface area contributed by atoms with Crippen LogP contribution in [0.3, 0.4) is 0 Å². The number of nitrogens with zero attached hydrogens (tertiary/aromatic N) is 1. The lowest BCUT2D eigenvalue weighted by Gasteiger charge is -2.01. The second-order valence-corrected chi connectivity index (χ2v) is 2.61. The summed E-state index contributed by atoms with van der Waals surface area (Å²) < 4.78 is 0. The summed E-state index contributed by atoms with van der Waals surface area (Å²) >= 11 is 0. The van der Waals surface area contributed by atoms with Crippen LogP contribution in [0.2, 0.25) is 0 Å². The molecule has 0 saturated heterocycles. The highest BCUT2D eigenvalue weighted by molar-refractivity contribution is 6.06. The minimum Gasteiger partial charge on any atom is -0.360 e. The molecule has 4 N–H and O–H groups in total. The molecule has 0 aliphatic heterocycles. The molecule has 2 heterocycles. The molecule has 0 saturated carbocycles. The normalized spacial score (nSPS) is 10.2. The quantitative estimate of drug-likeness (QED) is 0.295. The first kappa shape index (κ1) is 7.75. The van der Waals surface area contributed by atoms with Gasteiger partial charge < -0.3 is 4.98 Å². The van der Waals surface area contributed by atoms with Gasteiger partial charge in [0.05, 0.1) is 11.7 Å². The van der Waals surface area contributed by atoms with Crippen molar-refractivity contribution in [3.63, 3.8) is 0 Å². The number of H-pyrrole nitrogens is 1. The van der Waals surface area contributed by atoms with Crippen LogP contribution in [-0.2, 0) is 0 Å². The minimum atomic E-state index is -0.0577. The standard InChI is InChI=1S/C8H8N4O/c9-8(12-13)6-3-10-4-7-5(6)1-2-11-7/h1-4,11,13H,(H2,9,12). The van der Waals surface area contributed by atoms with Gasteiger partial charge in [-0.2, -0.15) is 0 Å². The number of fused-ring (bicyclic) bond motifs is 1. The van der Waals surface area contributed by atoms with Gasteiger partial charge in [-0.15, -0.1) is 0 Å². The maximum absolute atomic E-state index is 8.57. The van der Waals surface area contributed by atoms with Crippen LogP contribution < -0.4 is 5.48 Å². The number of nitrogens with one attached hydrogen (secondary N) is 3. The maximum Gasteiger partial charge on any atom is 0.151 e. The number of hydrogen-bond acceptors (Lipinski definition) is 3. The van der Waals surface area contributed by atoms with Crippen LogP contribution in [0.4, 0.5) is 0 Å². The fourth-order valence-electron chi connectivity index (χ4n) is 1.24. The Morgan fingerprint density at radius 1 is 1.54 bits per heavy atom. The van der Waals surface area contributed by atoms with Gasteiger partial charge in [0, 0.05) is 23.3 Å². The van der Waals surface area contributed by atoms with E-state index in [0.717, 1.165) is 10.9 Å². The molecule has 0 spiro atoms. The predicted molar refractivity (Wildman–Crippen MR) is 47.8 cm³/mol. The monoisotopic (exact) mass is 176 g/mol. The van der Waals surface area contributed by atoms with E-state index in [0.29, 0.717) is 5.56 Å². The molecular formula is C8H8N4O. The van der Waals surface area contributed by atoms with E-state index in [4.69, 9.17) is 10.6 Å². The number of hydroxylamine groups is 1. The van der Waals surface area contributed by atoms with Gasteiger partial charge in [-0.05, 0) is 6.07 Å². The first-order chi connectivity index (χ1) is 6.33. The number of hydrogen-bond donors (Lipinski definition) is 4. The molecule has 13 heavy (non-hydrogen) atoms. The van der Waals surface area contributed by atoms with Gasteiger partial charge in [-0.25, -0.2) is 0 Å². The Balaban J connectivity index is 2.67. The topological polar surface area (TPSA) is 84.8 Å². The van der Waals surface area contributed by atoms with Crippen LogP contribution in [0.25, 0.3) is 10.9 Å². The van der Waals surface area contributed by atoms with Crippen LogP contribution in [0.5, 0.6) is 0 Å². The highest BCUT2D eigenvalue weighted by Crippen LogP contribution is 2.15. The molecule has 0 fully saturated rings. The molecule has 5 heteroatoms. The third kappa shape index (κ3) is 1.15. The van der Waals surface area contributed by atoms with Gasteiger partial charge in [-0.3, -0.25) is 21.1 Å². The van der Waals surface area contributed by atoms with Crippen molar-refractivity contribution in [3.8, 4) is 0 Å². The molecule has 0 radical (unpaired) electrons. The lowest BCUT2D eigenvalue weighted by molar-refractivity contribution is 0.234. The fourth-order valence-corrected chi connectivity index (χ4v) is 1.24. The van der Waals surface area contributed by atoms with Crippen LogP contribution in [0, 0.1) is 5.41 Å². The number of amidine groups is 1. The molecule has 0 unspecified atom stereocenters.